The molecule has 1 atom stereocenters. The van der Waals surface area contributed by atoms with E-state index in [0.29, 0.717) is 25.5 Å². The van der Waals surface area contributed by atoms with Crippen LogP contribution >= 0.6 is 0 Å². The molecule has 2 fully saturated rings. The number of benzene rings is 1. The number of hydrogen-bond acceptors (Lipinski definition) is 3. The van der Waals surface area contributed by atoms with E-state index in [1.54, 1.807) is 11.4 Å². The van der Waals surface area contributed by atoms with Gasteiger partial charge in [0.15, 0.2) is 0 Å². The molecule has 2 amide bonds. The highest BCUT2D eigenvalue weighted by molar-refractivity contribution is 7.91. The first kappa shape index (κ1) is 16.7. The zero-order valence-corrected chi connectivity index (χ0v) is 16.0. The number of urea groups is 1. The van der Waals surface area contributed by atoms with Crippen molar-refractivity contribution in [3.05, 3.63) is 28.3 Å². The van der Waals surface area contributed by atoms with Crippen LogP contribution in [0.3, 0.4) is 0 Å². The van der Waals surface area contributed by atoms with Gasteiger partial charge in [0.25, 0.3) is 0 Å². The van der Waals surface area contributed by atoms with Crippen LogP contribution in [0.4, 0.5) is 10.5 Å². The van der Waals surface area contributed by atoms with Crippen molar-refractivity contribution >= 4 is 21.6 Å². The second kappa shape index (κ2) is 5.78. The van der Waals surface area contributed by atoms with E-state index in [1.165, 1.54) is 22.3 Å². The van der Waals surface area contributed by atoms with Crippen molar-refractivity contribution in [1.29, 1.82) is 0 Å². The van der Waals surface area contributed by atoms with Gasteiger partial charge >= 0.3 is 6.03 Å². The molecule has 2 heterocycles. The fraction of sp³-hybridized carbons (Fsp3) is 0.632. The van der Waals surface area contributed by atoms with Crippen LogP contribution in [0.2, 0.25) is 0 Å². The molecule has 26 heavy (non-hydrogen) atoms. The zero-order valence-electron chi connectivity index (χ0n) is 15.2. The fourth-order valence-electron chi connectivity index (χ4n) is 5.02. The van der Waals surface area contributed by atoms with Gasteiger partial charge in [-0.25, -0.2) is 13.3 Å². The van der Waals surface area contributed by atoms with Gasteiger partial charge in [-0.15, -0.1) is 4.36 Å². The first-order valence-corrected chi connectivity index (χ1v) is 11.1. The van der Waals surface area contributed by atoms with Crippen LogP contribution in [0.5, 0.6) is 0 Å². The lowest BCUT2D eigenvalue weighted by atomic mass is 9.89. The third-order valence-electron chi connectivity index (χ3n) is 6.29. The summed E-state index contributed by atoms with van der Waals surface area (Å²) in [6.07, 6.45) is 6.47. The molecular weight excluding hydrogens is 350 g/mol. The molecule has 5 rings (SSSR count). The number of rotatable bonds is 1. The highest BCUT2D eigenvalue weighted by atomic mass is 32.2. The number of carbonyl (C=O) groups is 1. The third-order valence-corrected chi connectivity index (χ3v) is 8.83. The number of carbonyl (C=O) groups excluding carboxylic acids is 1. The average Bonchev–Trinajstić information content (AvgIpc) is 3.25. The molecule has 2 aliphatic heterocycles. The second-order valence-electron chi connectivity index (χ2n) is 8.29. The molecule has 6 nitrogen and oxygen atoms in total. The second-order valence-corrected chi connectivity index (χ2v) is 10.6. The molecule has 1 aromatic rings. The Hall–Kier alpha value is -1.44. The number of anilines is 1. The molecule has 0 saturated carbocycles. The van der Waals surface area contributed by atoms with Crippen molar-refractivity contribution in [3.63, 3.8) is 0 Å². The molecule has 140 valence electrons. The summed E-state index contributed by atoms with van der Waals surface area (Å²) in [5.74, 6) is 0.426. The first-order valence-electron chi connectivity index (χ1n) is 9.49. The van der Waals surface area contributed by atoms with Crippen molar-refractivity contribution in [3.8, 4) is 0 Å². The van der Waals surface area contributed by atoms with E-state index in [4.69, 9.17) is 4.74 Å². The average molecular weight is 375 g/mol. The van der Waals surface area contributed by atoms with Crippen molar-refractivity contribution in [2.75, 3.05) is 37.9 Å². The summed E-state index contributed by atoms with van der Waals surface area (Å²) in [6.45, 7) is 1.91. The summed E-state index contributed by atoms with van der Waals surface area (Å²) in [5, 5.41) is 3.04. The lowest BCUT2D eigenvalue weighted by molar-refractivity contribution is -0.0958. The molecule has 1 unspecified atom stereocenters. The van der Waals surface area contributed by atoms with Gasteiger partial charge in [0.05, 0.1) is 19.0 Å². The Balaban J connectivity index is 1.46. The number of nitrogens with one attached hydrogen (secondary N) is 1. The van der Waals surface area contributed by atoms with Crippen LogP contribution in [0.1, 0.15) is 35.1 Å². The van der Waals surface area contributed by atoms with Crippen molar-refractivity contribution < 1.29 is 13.7 Å². The number of hydrogen-bond donors (Lipinski definition) is 1. The third kappa shape index (κ3) is 2.52. The van der Waals surface area contributed by atoms with Gasteiger partial charge < -0.3 is 10.1 Å². The van der Waals surface area contributed by atoms with Crippen LogP contribution < -0.4 is 5.32 Å². The number of nitrogens with zero attached hydrogens (tertiary/aromatic N) is 2. The van der Waals surface area contributed by atoms with Gasteiger partial charge in [-0.2, -0.15) is 0 Å². The van der Waals surface area contributed by atoms with E-state index in [1.807, 2.05) is 0 Å². The summed E-state index contributed by atoms with van der Waals surface area (Å²) in [6, 6.07) is 1.87. The lowest BCUT2D eigenvalue weighted by Crippen LogP contribution is -2.46. The summed E-state index contributed by atoms with van der Waals surface area (Å²) in [4.78, 5) is 12.7. The highest BCUT2D eigenvalue weighted by Crippen LogP contribution is 2.40. The molecular formula is C19H25N3O3S. The Kier molecular flexibility index (Phi) is 3.71. The Morgan fingerprint density at radius 3 is 2.38 bits per heavy atom. The van der Waals surface area contributed by atoms with E-state index < -0.39 is 15.9 Å². The molecule has 4 aliphatic rings. The minimum Gasteiger partial charge on any atom is -0.380 e. The SMILES string of the molecule is CN1CC2(COC2)CS1(=O)=NC(=O)Nc1c2c(cc3c1CCC3)CCC2. The van der Waals surface area contributed by atoms with Gasteiger partial charge in [-0.3, -0.25) is 0 Å². The van der Waals surface area contributed by atoms with Crippen molar-refractivity contribution in [2.24, 2.45) is 9.78 Å². The Morgan fingerprint density at radius 2 is 1.85 bits per heavy atom. The molecule has 0 bridgehead atoms. The lowest BCUT2D eigenvalue weighted by Gasteiger charge is -2.36. The zero-order chi connectivity index (χ0) is 17.9. The van der Waals surface area contributed by atoms with Gasteiger partial charge in [0, 0.05) is 24.7 Å². The van der Waals surface area contributed by atoms with Crippen LogP contribution in [-0.4, -0.2) is 47.1 Å². The molecule has 2 aliphatic carbocycles. The first-order chi connectivity index (χ1) is 12.5. The predicted octanol–water partition coefficient (Wildman–Crippen LogP) is 2.54. The maximum absolute atomic E-state index is 13.2. The monoisotopic (exact) mass is 375 g/mol. The summed E-state index contributed by atoms with van der Waals surface area (Å²) < 4.78 is 24.5. The van der Waals surface area contributed by atoms with Crippen LogP contribution in [0, 0.1) is 5.41 Å². The Morgan fingerprint density at radius 1 is 1.19 bits per heavy atom. The quantitative estimate of drug-likeness (QED) is 0.820. The highest BCUT2D eigenvalue weighted by Gasteiger charge is 2.50. The summed E-state index contributed by atoms with van der Waals surface area (Å²) in [7, 11) is -0.886. The minimum absolute atomic E-state index is 0.0785. The van der Waals surface area contributed by atoms with E-state index >= 15 is 0 Å². The van der Waals surface area contributed by atoms with E-state index in [2.05, 4.69) is 15.7 Å². The topological polar surface area (TPSA) is 71.0 Å². The fourth-order valence-corrected chi connectivity index (χ4v) is 7.28. The molecule has 1 N–H and O–H groups in total. The van der Waals surface area contributed by atoms with Crippen molar-refractivity contribution in [1.82, 2.24) is 4.31 Å². The molecule has 2 saturated heterocycles. The molecule has 1 spiro atoms. The number of ether oxygens (including phenoxy) is 1. The van der Waals surface area contributed by atoms with Crippen LogP contribution in [-0.2, 0) is 40.3 Å². The predicted molar refractivity (Wildman–Crippen MR) is 101 cm³/mol. The molecule has 0 radical (unpaired) electrons. The largest absolute Gasteiger partial charge is 0.380 e. The maximum atomic E-state index is 13.2. The van der Waals surface area contributed by atoms with E-state index in [0.717, 1.165) is 44.2 Å². The van der Waals surface area contributed by atoms with Gasteiger partial charge in [-0.05, 0) is 60.8 Å². The smallest absolute Gasteiger partial charge is 0.354 e. The number of aryl methyl sites for hydroxylation is 2. The minimum atomic E-state index is -2.68. The standard InChI is InChI=1S/C19H25N3O3S/c1-22-9-19(10-25-11-19)12-26(22,24)21-18(23)20-17-15-6-2-4-13(15)8-14-5-3-7-16(14)17/h8H,2-7,9-12H2,1H3,(H,20,23). The summed E-state index contributed by atoms with van der Waals surface area (Å²) >= 11 is 0. The van der Waals surface area contributed by atoms with Crippen molar-refractivity contribution in [2.45, 2.75) is 38.5 Å². The number of fused-ring (bicyclic) bond motifs is 2. The van der Waals surface area contributed by atoms with Gasteiger partial charge in [0.2, 0.25) is 0 Å². The molecule has 1 aromatic carbocycles. The van der Waals surface area contributed by atoms with Gasteiger partial charge in [-0.1, -0.05) is 6.07 Å². The normalized spacial score (nSPS) is 28.7. The maximum Gasteiger partial charge on any atom is 0.354 e. The molecule has 7 heteroatoms. The van der Waals surface area contributed by atoms with E-state index in [9.17, 15) is 9.00 Å². The number of amides is 2. The van der Waals surface area contributed by atoms with E-state index in [-0.39, 0.29) is 5.41 Å². The summed E-state index contributed by atoms with van der Waals surface area (Å²) in [5.41, 5.74) is 6.17. The van der Waals surface area contributed by atoms with Gasteiger partial charge in [0.1, 0.15) is 9.92 Å². The molecule has 0 aromatic heterocycles. The van der Waals surface area contributed by atoms with Crippen LogP contribution in [0.25, 0.3) is 0 Å². The van der Waals surface area contributed by atoms with Crippen LogP contribution in [0.15, 0.2) is 10.4 Å². The Labute approximate surface area is 154 Å². The Bertz CT molecular complexity index is 881.